The van der Waals surface area contributed by atoms with Crippen LogP contribution in [0.1, 0.15) is 18.4 Å². The predicted molar refractivity (Wildman–Crippen MR) is 88.2 cm³/mol. The van der Waals surface area contributed by atoms with Gasteiger partial charge in [0.25, 0.3) is 0 Å². The molecule has 0 spiro atoms. The molecule has 2 amide bonds. The fraction of sp³-hybridized carbons (Fsp3) is 0.529. The molecule has 26 heavy (non-hydrogen) atoms. The highest BCUT2D eigenvalue weighted by atomic mass is 19.4. The van der Waals surface area contributed by atoms with Crippen molar-refractivity contribution in [1.82, 2.24) is 15.5 Å². The van der Waals surface area contributed by atoms with Crippen LogP contribution in [0, 0.1) is 5.92 Å². The van der Waals surface area contributed by atoms with Crippen LogP contribution >= 0.6 is 0 Å². The van der Waals surface area contributed by atoms with E-state index in [4.69, 9.17) is 0 Å². The number of hydrogen-bond donors (Lipinski definition) is 2. The second-order valence-electron chi connectivity index (χ2n) is 6.10. The number of halogens is 3. The number of hydrogen-bond acceptors (Lipinski definition) is 4. The molecule has 1 aromatic carbocycles. The molecule has 1 aliphatic heterocycles. The smallest absolute Gasteiger partial charge is 0.405 e. The van der Waals surface area contributed by atoms with Gasteiger partial charge in [0, 0.05) is 25.1 Å². The van der Waals surface area contributed by atoms with Gasteiger partial charge >= 0.3 is 6.36 Å². The minimum atomic E-state index is -4.78. The Morgan fingerprint density at radius 2 is 1.88 bits per heavy atom. The van der Waals surface area contributed by atoms with Crippen molar-refractivity contribution in [2.24, 2.45) is 5.92 Å². The standard InChI is InChI=1S/C17H22F3N3O3/c1-21-16(25)12-6-8-23(9-7-12)11-15(24)22-10-13-4-2-3-5-14(13)26-17(18,19)20/h2-5,12H,6-11H2,1H3,(H,21,25)(H,22,24). The molecule has 1 heterocycles. The second-order valence-corrected chi connectivity index (χ2v) is 6.10. The maximum Gasteiger partial charge on any atom is 0.573 e. The first-order chi connectivity index (χ1) is 12.3. The Hall–Kier alpha value is -2.29. The largest absolute Gasteiger partial charge is 0.573 e. The molecular formula is C17H22F3N3O3. The van der Waals surface area contributed by atoms with Gasteiger partial charge in [-0.1, -0.05) is 18.2 Å². The average molecular weight is 373 g/mol. The van der Waals surface area contributed by atoms with Crippen LogP contribution in [0.5, 0.6) is 5.75 Å². The molecule has 0 saturated carbocycles. The third-order valence-corrected chi connectivity index (χ3v) is 4.25. The lowest BCUT2D eigenvalue weighted by atomic mass is 9.96. The summed E-state index contributed by atoms with van der Waals surface area (Å²) in [6.45, 7) is 1.33. The molecular weight excluding hydrogens is 351 g/mol. The summed E-state index contributed by atoms with van der Waals surface area (Å²) in [5, 5.41) is 5.23. The summed E-state index contributed by atoms with van der Waals surface area (Å²) in [6.07, 6.45) is -3.43. The van der Waals surface area contributed by atoms with Crippen LogP contribution in [-0.2, 0) is 16.1 Å². The number of benzene rings is 1. The number of para-hydroxylation sites is 1. The van der Waals surface area contributed by atoms with Gasteiger partial charge in [-0.25, -0.2) is 0 Å². The van der Waals surface area contributed by atoms with E-state index in [9.17, 15) is 22.8 Å². The highest BCUT2D eigenvalue weighted by Gasteiger charge is 2.32. The van der Waals surface area contributed by atoms with E-state index in [0.717, 1.165) is 0 Å². The second kappa shape index (κ2) is 8.88. The summed E-state index contributed by atoms with van der Waals surface area (Å²) in [5.74, 6) is -0.641. The quantitative estimate of drug-likeness (QED) is 0.796. The van der Waals surface area contributed by atoms with Gasteiger partial charge < -0.3 is 15.4 Å². The van der Waals surface area contributed by atoms with E-state index < -0.39 is 6.36 Å². The van der Waals surface area contributed by atoms with Crippen molar-refractivity contribution in [3.63, 3.8) is 0 Å². The van der Waals surface area contributed by atoms with Crippen LogP contribution < -0.4 is 15.4 Å². The Bertz CT molecular complexity index is 629. The van der Waals surface area contributed by atoms with Crippen molar-refractivity contribution in [1.29, 1.82) is 0 Å². The van der Waals surface area contributed by atoms with Gasteiger partial charge in [0.2, 0.25) is 11.8 Å². The maximum atomic E-state index is 12.4. The Kier molecular flexibility index (Phi) is 6.84. The lowest BCUT2D eigenvalue weighted by molar-refractivity contribution is -0.274. The minimum absolute atomic E-state index is 0.00960. The fourth-order valence-electron chi connectivity index (χ4n) is 2.88. The van der Waals surface area contributed by atoms with E-state index >= 15 is 0 Å². The zero-order valence-corrected chi connectivity index (χ0v) is 14.4. The molecule has 9 heteroatoms. The number of carbonyl (C=O) groups is 2. The third-order valence-electron chi connectivity index (χ3n) is 4.25. The van der Waals surface area contributed by atoms with Gasteiger partial charge in [-0.3, -0.25) is 14.5 Å². The third kappa shape index (κ3) is 6.21. The first kappa shape index (κ1) is 20.0. The number of nitrogens with one attached hydrogen (secondary N) is 2. The van der Waals surface area contributed by atoms with Crippen LogP contribution in [0.3, 0.4) is 0 Å². The van der Waals surface area contributed by atoms with Gasteiger partial charge in [0.05, 0.1) is 6.54 Å². The molecule has 1 aromatic rings. The monoisotopic (exact) mass is 373 g/mol. The molecule has 6 nitrogen and oxygen atoms in total. The van der Waals surface area contributed by atoms with Gasteiger partial charge in [-0.2, -0.15) is 0 Å². The summed E-state index contributed by atoms with van der Waals surface area (Å²) < 4.78 is 41.2. The molecule has 0 aliphatic carbocycles. The first-order valence-electron chi connectivity index (χ1n) is 8.33. The number of nitrogens with zero attached hydrogens (tertiary/aromatic N) is 1. The molecule has 0 atom stereocenters. The molecule has 0 radical (unpaired) electrons. The van der Waals surface area contributed by atoms with Crippen molar-refractivity contribution in [2.75, 3.05) is 26.7 Å². The van der Waals surface area contributed by atoms with Gasteiger partial charge in [-0.15, -0.1) is 13.2 Å². The Labute approximate surface area is 149 Å². The number of carbonyl (C=O) groups excluding carboxylic acids is 2. The van der Waals surface area contributed by atoms with E-state index in [-0.39, 0.29) is 42.1 Å². The van der Waals surface area contributed by atoms with Gasteiger partial charge in [-0.05, 0) is 32.0 Å². The molecule has 0 unspecified atom stereocenters. The van der Waals surface area contributed by atoms with Crippen LogP contribution in [0.2, 0.25) is 0 Å². The summed E-state index contributed by atoms with van der Waals surface area (Å²) >= 11 is 0. The van der Waals surface area contributed by atoms with E-state index in [0.29, 0.717) is 25.9 Å². The summed E-state index contributed by atoms with van der Waals surface area (Å²) in [4.78, 5) is 25.6. The van der Waals surface area contributed by atoms with Crippen molar-refractivity contribution in [3.8, 4) is 5.75 Å². The van der Waals surface area contributed by atoms with E-state index in [2.05, 4.69) is 15.4 Å². The first-order valence-corrected chi connectivity index (χ1v) is 8.33. The van der Waals surface area contributed by atoms with E-state index in [1.165, 1.54) is 18.2 Å². The Morgan fingerprint density at radius 3 is 2.50 bits per heavy atom. The molecule has 1 fully saturated rings. The van der Waals surface area contributed by atoms with Crippen LogP contribution in [0.4, 0.5) is 13.2 Å². The van der Waals surface area contributed by atoms with Gasteiger partial charge in [0.15, 0.2) is 0 Å². The number of alkyl halides is 3. The number of ether oxygens (including phenoxy) is 1. The normalized spacial score (nSPS) is 16.2. The van der Waals surface area contributed by atoms with Crippen molar-refractivity contribution in [3.05, 3.63) is 29.8 Å². The van der Waals surface area contributed by atoms with Crippen LogP contribution in [0.15, 0.2) is 24.3 Å². The molecule has 144 valence electrons. The Morgan fingerprint density at radius 1 is 1.23 bits per heavy atom. The lowest BCUT2D eigenvalue weighted by Crippen LogP contribution is -2.44. The highest BCUT2D eigenvalue weighted by Crippen LogP contribution is 2.26. The summed E-state index contributed by atoms with van der Waals surface area (Å²) in [5.41, 5.74) is 0.247. The molecule has 2 rings (SSSR count). The SMILES string of the molecule is CNC(=O)C1CCN(CC(=O)NCc2ccccc2OC(F)(F)F)CC1. The van der Waals surface area contributed by atoms with Crippen molar-refractivity contribution in [2.45, 2.75) is 25.7 Å². The zero-order chi connectivity index (χ0) is 19.2. The fourth-order valence-corrected chi connectivity index (χ4v) is 2.88. The molecule has 1 saturated heterocycles. The van der Waals surface area contributed by atoms with E-state index in [1.807, 2.05) is 4.90 Å². The number of likely N-dealkylation sites (tertiary alicyclic amines) is 1. The van der Waals surface area contributed by atoms with Crippen LogP contribution in [0.25, 0.3) is 0 Å². The highest BCUT2D eigenvalue weighted by molar-refractivity contribution is 5.79. The summed E-state index contributed by atoms with van der Waals surface area (Å²) in [6, 6.07) is 5.69. The Balaban J connectivity index is 1.80. The molecule has 2 N–H and O–H groups in total. The minimum Gasteiger partial charge on any atom is -0.405 e. The zero-order valence-electron chi connectivity index (χ0n) is 14.4. The average Bonchev–Trinajstić information content (AvgIpc) is 2.59. The molecule has 0 aromatic heterocycles. The van der Waals surface area contributed by atoms with Crippen LogP contribution in [-0.4, -0.2) is 49.8 Å². The molecule has 0 bridgehead atoms. The lowest BCUT2D eigenvalue weighted by Gasteiger charge is -2.30. The maximum absolute atomic E-state index is 12.4. The van der Waals surface area contributed by atoms with E-state index in [1.54, 1.807) is 13.1 Å². The molecule has 1 aliphatic rings. The van der Waals surface area contributed by atoms with Crippen molar-refractivity contribution >= 4 is 11.8 Å². The topological polar surface area (TPSA) is 70.7 Å². The number of amides is 2. The number of piperidine rings is 1. The predicted octanol–water partition coefficient (Wildman–Crippen LogP) is 1.66. The number of rotatable bonds is 6. The van der Waals surface area contributed by atoms with Crippen molar-refractivity contribution < 1.29 is 27.5 Å². The van der Waals surface area contributed by atoms with Gasteiger partial charge in [0.1, 0.15) is 5.75 Å². The summed E-state index contributed by atoms with van der Waals surface area (Å²) in [7, 11) is 1.60.